The van der Waals surface area contributed by atoms with Crippen molar-refractivity contribution in [1.29, 1.82) is 0 Å². The fourth-order valence-electron chi connectivity index (χ4n) is 3.70. The summed E-state index contributed by atoms with van der Waals surface area (Å²) < 4.78 is 39.1. The first-order valence-corrected chi connectivity index (χ1v) is 11.7. The topological polar surface area (TPSA) is 72.9 Å². The van der Waals surface area contributed by atoms with E-state index < -0.39 is 16.1 Å². The maximum Gasteiger partial charge on any atom is 0.309 e. The molecular formula is C23H29NO5S. The van der Waals surface area contributed by atoms with Crippen molar-refractivity contribution in [3.8, 4) is 0 Å². The van der Waals surface area contributed by atoms with Gasteiger partial charge in [-0.3, -0.25) is 4.79 Å². The van der Waals surface area contributed by atoms with E-state index in [4.69, 9.17) is 9.47 Å². The third-order valence-electron chi connectivity index (χ3n) is 5.33. The van der Waals surface area contributed by atoms with Crippen LogP contribution in [0.1, 0.15) is 30.9 Å². The van der Waals surface area contributed by atoms with Crippen molar-refractivity contribution in [3.63, 3.8) is 0 Å². The number of carbonyl (C=O) groups excluding carboxylic acids is 1. The number of aryl methyl sites for hydroxylation is 1. The van der Waals surface area contributed by atoms with Crippen molar-refractivity contribution in [2.75, 3.05) is 19.8 Å². The lowest BCUT2D eigenvalue weighted by molar-refractivity contribution is -0.150. The number of ether oxygens (including phenoxy) is 2. The molecule has 0 bridgehead atoms. The molecule has 6 nitrogen and oxygen atoms in total. The molecule has 0 aliphatic carbocycles. The molecule has 1 aliphatic heterocycles. The molecule has 2 aromatic rings. The standard InChI is InChI=1S/C23H29NO5S/c1-3-29-23(25)20-13-14-24(30(26,27)22-11-9-18(2)10-12-22)21(15-20)17-28-16-19-7-5-4-6-8-19/h4-12,20-21H,3,13-17H2,1-2H3. The van der Waals surface area contributed by atoms with Gasteiger partial charge in [0.1, 0.15) is 0 Å². The van der Waals surface area contributed by atoms with Gasteiger partial charge in [0, 0.05) is 12.6 Å². The van der Waals surface area contributed by atoms with Crippen LogP contribution in [0, 0.1) is 12.8 Å². The fraction of sp³-hybridized carbons (Fsp3) is 0.435. The van der Waals surface area contributed by atoms with Crippen molar-refractivity contribution in [2.24, 2.45) is 5.92 Å². The van der Waals surface area contributed by atoms with Crippen molar-refractivity contribution in [2.45, 2.75) is 44.2 Å². The summed E-state index contributed by atoms with van der Waals surface area (Å²) in [6.07, 6.45) is 0.831. The summed E-state index contributed by atoms with van der Waals surface area (Å²) >= 11 is 0. The van der Waals surface area contributed by atoms with Gasteiger partial charge in [0.25, 0.3) is 0 Å². The molecule has 0 spiro atoms. The molecule has 1 fully saturated rings. The molecule has 0 radical (unpaired) electrons. The highest BCUT2D eigenvalue weighted by atomic mass is 32.2. The fourth-order valence-corrected chi connectivity index (χ4v) is 5.34. The maximum atomic E-state index is 13.3. The largest absolute Gasteiger partial charge is 0.466 e. The van der Waals surface area contributed by atoms with Crippen molar-refractivity contribution < 1.29 is 22.7 Å². The van der Waals surface area contributed by atoms with Crippen molar-refractivity contribution in [3.05, 3.63) is 65.7 Å². The van der Waals surface area contributed by atoms with Crippen LogP contribution >= 0.6 is 0 Å². The number of carbonyl (C=O) groups is 1. The number of benzene rings is 2. The third-order valence-corrected chi connectivity index (χ3v) is 7.30. The highest BCUT2D eigenvalue weighted by molar-refractivity contribution is 7.89. The maximum absolute atomic E-state index is 13.3. The molecule has 162 valence electrons. The molecule has 2 aromatic carbocycles. The zero-order chi connectivity index (χ0) is 21.6. The van der Waals surface area contributed by atoms with E-state index >= 15 is 0 Å². The molecule has 0 N–H and O–H groups in total. The van der Waals surface area contributed by atoms with E-state index in [1.807, 2.05) is 37.3 Å². The number of piperidine rings is 1. The van der Waals surface area contributed by atoms with Gasteiger partial charge in [-0.2, -0.15) is 4.31 Å². The molecule has 2 atom stereocenters. The van der Waals surface area contributed by atoms with Gasteiger partial charge in [0.2, 0.25) is 10.0 Å². The van der Waals surface area contributed by atoms with E-state index in [9.17, 15) is 13.2 Å². The Labute approximate surface area is 178 Å². The van der Waals surface area contributed by atoms with Gasteiger partial charge in [-0.1, -0.05) is 48.0 Å². The smallest absolute Gasteiger partial charge is 0.309 e. The predicted octanol–water partition coefficient (Wildman–Crippen LogP) is 3.54. The number of hydrogen-bond donors (Lipinski definition) is 0. The molecule has 2 unspecified atom stereocenters. The predicted molar refractivity (Wildman–Crippen MR) is 114 cm³/mol. The Balaban J connectivity index is 1.76. The van der Waals surface area contributed by atoms with Crippen LogP contribution in [-0.2, 0) is 30.9 Å². The number of hydrogen-bond acceptors (Lipinski definition) is 5. The minimum absolute atomic E-state index is 0.218. The number of rotatable bonds is 8. The average molecular weight is 432 g/mol. The van der Waals surface area contributed by atoms with Crippen molar-refractivity contribution in [1.82, 2.24) is 4.31 Å². The zero-order valence-electron chi connectivity index (χ0n) is 17.5. The highest BCUT2D eigenvalue weighted by Crippen LogP contribution is 2.30. The van der Waals surface area contributed by atoms with Gasteiger partial charge in [-0.15, -0.1) is 0 Å². The lowest BCUT2D eigenvalue weighted by Crippen LogP contribution is -2.49. The van der Waals surface area contributed by atoms with Crippen LogP contribution in [0.2, 0.25) is 0 Å². The molecule has 7 heteroatoms. The summed E-state index contributed by atoms with van der Waals surface area (Å²) in [5.74, 6) is -0.585. The molecule has 3 rings (SSSR count). The Kier molecular flexibility index (Phi) is 7.64. The molecule has 0 amide bonds. The molecule has 0 saturated carbocycles. The molecule has 30 heavy (non-hydrogen) atoms. The van der Waals surface area contributed by atoms with Crippen LogP contribution in [0.15, 0.2) is 59.5 Å². The first-order chi connectivity index (χ1) is 14.4. The monoisotopic (exact) mass is 431 g/mol. The SMILES string of the molecule is CCOC(=O)C1CCN(S(=O)(=O)c2ccc(C)cc2)C(COCc2ccccc2)C1. The van der Waals surface area contributed by atoms with Crippen LogP contribution in [0.5, 0.6) is 0 Å². The number of nitrogens with zero attached hydrogens (tertiary/aromatic N) is 1. The second kappa shape index (κ2) is 10.2. The second-order valence-electron chi connectivity index (χ2n) is 7.56. The lowest BCUT2D eigenvalue weighted by atomic mass is 9.93. The van der Waals surface area contributed by atoms with Gasteiger partial charge in [-0.25, -0.2) is 8.42 Å². The Hall–Kier alpha value is -2.22. The Morgan fingerprint density at radius 2 is 1.80 bits per heavy atom. The summed E-state index contributed by atoms with van der Waals surface area (Å²) in [5, 5.41) is 0. The average Bonchev–Trinajstić information content (AvgIpc) is 2.75. The third kappa shape index (κ3) is 5.47. The normalized spacial score (nSPS) is 20.1. The second-order valence-corrected chi connectivity index (χ2v) is 9.45. The van der Waals surface area contributed by atoms with E-state index in [1.54, 1.807) is 31.2 Å². The van der Waals surface area contributed by atoms with E-state index in [0.29, 0.717) is 26.1 Å². The number of sulfonamides is 1. The molecule has 0 aromatic heterocycles. The quantitative estimate of drug-likeness (QED) is 0.598. The Morgan fingerprint density at radius 3 is 2.47 bits per heavy atom. The van der Waals surface area contributed by atoms with Gasteiger partial charge < -0.3 is 9.47 Å². The van der Waals surface area contributed by atoms with Crippen LogP contribution < -0.4 is 0 Å². The first kappa shape index (κ1) is 22.5. The Morgan fingerprint density at radius 1 is 1.10 bits per heavy atom. The molecule has 1 aliphatic rings. The van der Waals surface area contributed by atoms with Gasteiger partial charge in [0.05, 0.1) is 30.6 Å². The van der Waals surface area contributed by atoms with Gasteiger partial charge in [0.15, 0.2) is 0 Å². The van der Waals surface area contributed by atoms with E-state index in [-0.39, 0.29) is 29.9 Å². The lowest BCUT2D eigenvalue weighted by Gasteiger charge is -2.37. The minimum Gasteiger partial charge on any atom is -0.466 e. The van der Waals surface area contributed by atoms with Gasteiger partial charge in [-0.05, 0) is 44.4 Å². The van der Waals surface area contributed by atoms with Crippen LogP contribution in [0.3, 0.4) is 0 Å². The van der Waals surface area contributed by atoms with Crippen LogP contribution in [0.4, 0.5) is 0 Å². The summed E-state index contributed by atoms with van der Waals surface area (Å²) in [6.45, 7) is 4.88. The van der Waals surface area contributed by atoms with E-state index in [1.165, 1.54) is 4.31 Å². The molecular weight excluding hydrogens is 402 g/mol. The van der Waals surface area contributed by atoms with E-state index in [2.05, 4.69) is 0 Å². The molecule has 1 saturated heterocycles. The summed E-state index contributed by atoms with van der Waals surface area (Å²) in [6, 6.07) is 16.1. The molecule has 1 heterocycles. The van der Waals surface area contributed by atoms with E-state index in [0.717, 1.165) is 11.1 Å². The first-order valence-electron chi connectivity index (χ1n) is 10.3. The summed E-state index contributed by atoms with van der Waals surface area (Å²) in [5.41, 5.74) is 2.01. The summed E-state index contributed by atoms with van der Waals surface area (Å²) in [4.78, 5) is 12.5. The summed E-state index contributed by atoms with van der Waals surface area (Å²) in [7, 11) is -3.68. The van der Waals surface area contributed by atoms with Gasteiger partial charge >= 0.3 is 5.97 Å². The minimum atomic E-state index is -3.68. The van der Waals surface area contributed by atoms with Crippen LogP contribution in [0.25, 0.3) is 0 Å². The highest BCUT2D eigenvalue weighted by Gasteiger charge is 2.39. The van der Waals surface area contributed by atoms with Crippen LogP contribution in [-0.4, -0.2) is 44.5 Å². The van der Waals surface area contributed by atoms with Crippen molar-refractivity contribution >= 4 is 16.0 Å². The Bertz CT molecular complexity index is 928. The zero-order valence-corrected chi connectivity index (χ0v) is 18.3. The number of esters is 1.